The molecule has 754 valence electrons. The minimum atomic E-state index is -0.225. The number of nitrogens with one attached hydrogen (secondary N) is 5. The number of fused-ring (bicyclic) bond motifs is 5. The number of hydrogen-bond donors (Lipinski definition) is 10. The topological polar surface area (TPSA) is 332 Å². The van der Waals surface area contributed by atoms with Gasteiger partial charge < -0.3 is 79.1 Å². The minimum Gasteiger partial charge on any atom is -0.508 e. The first-order valence-electron chi connectivity index (χ1n) is 50.8. The second-order valence-corrected chi connectivity index (χ2v) is 39.8. The molecule has 144 heavy (non-hydrogen) atoms. The number of aryl methyl sites for hydroxylation is 10. The van der Waals surface area contributed by atoms with E-state index in [1.54, 1.807) is 95.3 Å². The summed E-state index contributed by atoms with van der Waals surface area (Å²) in [5, 5.41) is 71.6. The van der Waals surface area contributed by atoms with E-state index >= 15 is 0 Å². The number of carbonyl (C=O) groups is 5. The second kappa shape index (κ2) is 46.6. The number of benzene rings is 10. The SMILES string of the molecule is Cc1cccc(NC(=O)c2c(C)oc3ccc(O)c(CN4CCC(C)CC4)c23)c1.Cc1cccc(NC(=O)c2c(C)oc3ccc(O)c(CN4CCCCC4)c23)c1.Cc1cccc(NC(=O)c2c(C)oc3ccc(O)c(CN4CCCCC4C)c23)c1.Cc1cccc(NC(=O)c2c(C)oc3ccc(O)c(CN4CCCCCC4)c23)c1.Cc1cccc(NC(=O)c2c(C)oc3ccc(O)c(CN4CCN(C)CC4)c23)c1. The maximum absolute atomic E-state index is 13.2. The van der Waals surface area contributed by atoms with E-state index in [9.17, 15) is 49.5 Å². The molecule has 1 atom stereocenters. The number of likely N-dealkylation sites (tertiary alicyclic amines) is 4. The average molecular weight is 1950 g/mol. The van der Waals surface area contributed by atoms with Crippen LogP contribution in [0, 0.1) is 75.2 Å². The first-order chi connectivity index (χ1) is 69.3. The van der Waals surface area contributed by atoms with Gasteiger partial charge in [0.05, 0.1) is 27.8 Å². The van der Waals surface area contributed by atoms with Crippen LogP contribution in [0.2, 0.25) is 0 Å². The van der Waals surface area contributed by atoms with Crippen molar-refractivity contribution in [1.82, 2.24) is 29.4 Å². The number of hydrogen-bond acceptors (Lipinski definition) is 21. The van der Waals surface area contributed by atoms with Crippen molar-refractivity contribution in [3.63, 3.8) is 0 Å². The summed E-state index contributed by atoms with van der Waals surface area (Å²) in [6.45, 7) is 37.4. The molecule has 26 nitrogen and oxygen atoms in total. The summed E-state index contributed by atoms with van der Waals surface area (Å²) in [5.74, 6) is 3.49. The molecule has 0 radical (unpaired) electrons. The van der Waals surface area contributed by atoms with Gasteiger partial charge in [-0.2, -0.15) is 0 Å². The highest BCUT2D eigenvalue weighted by atomic mass is 16.4. The van der Waals surface area contributed by atoms with E-state index < -0.39 is 0 Å². The van der Waals surface area contributed by atoms with Crippen LogP contribution in [0.4, 0.5) is 28.4 Å². The van der Waals surface area contributed by atoms with Crippen molar-refractivity contribution in [3.8, 4) is 28.7 Å². The summed E-state index contributed by atoms with van der Waals surface area (Å²) >= 11 is 0. The zero-order valence-corrected chi connectivity index (χ0v) is 85.3. The molecule has 26 heteroatoms. The van der Waals surface area contributed by atoms with Crippen LogP contribution in [0.15, 0.2) is 204 Å². The van der Waals surface area contributed by atoms with Crippen LogP contribution in [0.5, 0.6) is 28.7 Å². The molecular weight excluding hydrogens is 1810 g/mol. The Kier molecular flexibility index (Phi) is 33.3. The molecule has 0 bridgehead atoms. The minimum absolute atomic E-state index is 0.196. The summed E-state index contributed by atoms with van der Waals surface area (Å²) in [4.78, 5) is 79.8. The molecule has 0 aliphatic carbocycles. The lowest BCUT2D eigenvalue weighted by atomic mass is 9.97. The molecule has 15 aromatic rings. The van der Waals surface area contributed by atoms with Gasteiger partial charge in [0.15, 0.2) is 0 Å². The molecule has 20 rings (SSSR count). The van der Waals surface area contributed by atoms with Gasteiger partial charge in [0, 0.05) is 148 Å². The number of carbonyl (C=O) groups excluding carboxylic acids is 5. The Labute approximate surface area is 842 Å². The van der Waals surface area contributed by atoms with E-state index in [0.717, 1.165) is 193 Å². The Balaban J connectivity index is 0.000000129. The van der Waals surface area contributed by atoms with Gasteiger partial charge in [0.25, 0.3) is 29.5 Å². The Morgan fingerprint density at radius 2 is 0.514 bits per heavy atom. The van der Waals surface area contributed by atoms with Crippen LogP contribution in [0.25, 0.3) is 54.8 Å². The van der Waals surface area contributed by atoms with Crippen molar-refractivity contribution in [1.29, 1.82) is 0 Å². The standard InChI is InChI=1S/3C24H28N2O3.C23H27N3O3.C23H26N2O3/c1-15-7-6-9-18(13-15)25-24(28)22-17(3)29-21-11-10-20(27)19(23(21)22)14-26-12-5-4-8-16(26)2;1-15-9-11-26(12-10-15)14-19-20(27)7-8-21-23(19)22(17(3)29-21)24(28)25-18-6-4-5-16(2)13-18;1-16-8-7-9-18(14-16)25-24(28)22-17(2)29-21-11-10-20(27)19(23(21)22)15-26-12-5-3-4-6-13-26;1-15-5-4-6-17(13-15)24-23(28)21-16(2)29-20-8-7-19(27)18(22(20)21)14-26-11-9-25(3)10-12-26;1-15-7-6-8-17(13-15)24-23(27)21-16(2)28-20-10-9-19(26)18(22(20)21)14-25-11-4-3-5-12-25/h6-7,9-11,13,16,27H,4-5,8,12,14H2,1-3H3,(H,25,28);4-8,13,15,27H,9-12,14H2,1-3H3,(H,25,28);7-11,14,27H,3-6,12-13,15H2,1-2H3,(H,25,28);4-8,13,27H,9-12,14H2,1-3H3,(H,24,28);6-10,13,26H,3-5,11-12,14H2,1-2H3,(H,24,27). The molecular formula is C118H137N11O15. The lowest BCUT2D eigenvalue weighted by Crippen LogP contribution is -2.43. The maximum atomic E-state index is 13.2. The first kappa shape index (κ1) is 103. The zero-order chi connectivity index (χ0) is 102. The highest BCUT2D eigenvalue weighted by Crippen LogP contribution is 2.43. The Bertz CT molecular complexity index is 6980. The van der Waals surface area contributed by atoms with Crippen LogP contribution in [-0.4, -0.2) is 170 Å². The lowest BCUT2D eigenvalue weighted by molar-refractivity contribution is 0.101. The summed E-state index contributed by atoms with van der Waals surface area (Å²) in [5.41, 5.74) is 18.6. The molecule has 10 heterocycles. The monoisotopic (exact) mass is 1950 g/mol. The number of likely N-dealkylation sites (N-methyl/N-ethyl adjacent to an activating group) is 1. The number of amides is 5. The number of anilines is 5. The van der Waals surface area contributed by atoms with E-state index in [2.05, 4.69) is 76.9 Å². The second-order valence-electron chi connectivity index (χ2n) is 39.8. The number of phenols is 5. The summed E-state index contributed by atoms with van der Waals surface area (Å²) in [6, 6.07) is 56.0. The fraction of sp³-hybridized carbons (Fsp3) is 0.364. The molecule has 5 amide bonds. The first-order valence-corrected chi connectivity index (χ1v) is 50.8. The number of piperidine rings is 3. The molecule has 10 N–H and O–H groups in total. The van der Waals surface area contributed by atoms with E-state index in [4.69, 9.17) is 22.1 Å². The van der Waals surface area contributed by atoms with Crippen LogP contribution >= 0.6 is 0 Å². The molecule has 0 saturated carbocycles. The van der Waals surface area contributed by atoms with Crippen LogP contribution in [-0.2, 0) is 32.7 Å². The van der Waals surface area contributed by atoms with Gasteiger partial charge in [0.1, 0.15) is 85.5 Å². The van der Waals surface area contributed by atoms with Gasteiger partial charge in [-0.3, -0.25) is 48.5 Å². The normalized spacial score (nSPS) is 15.9. The molecule has 5 aliphatic rings. The van der Waals surface area contributed by atoms with Gasteiger partial charge >= 0.3 is 0 Å². The van der Waals surface area contributed by atoms with E-state index in [1.165, 1.54) is 51.4 Å². The smallest absolute Gasteiger partial charge is 0.259 e. The predicted molar refractivity (Wildman–Crippen MR) is 572 cm³/mol. The van der Waals surface area contributed by atoms with Crippen molar-refractivity contribution in [2.75, 3.05) is 106 Å². The van der Waals surface area contributed by atoms with Gasteiger partial charge in [-0.05, 0) is 335 Å². The predicted octanol–water partition coefficient (Wildman–Crippen LogP) is 24.8. The third kappa shape index (κ3) is 24.7. The molecule has 5 aliphatic heterocycles. The van der Waals surface area contributed by atoms with E-state index in [-0.39, 0.29) is 58.3 Å². The van der Waals surface area contributed by atoms with Gasteiger partial charge in [-0.25, -0.2) is 0 Å². The van der Waals surface area contributed by atoms with Crippen molar-refractivity contribution < 1.29 is 71.6 Å². The summed E-state index contributed by atoms with van der Waals surface area (Å²) in [6.07, 6.45) is 14.3. The van der Waals surface area contributed by atoms with E-state index in [1.807, 2.05) is 156 Å². The van der Waals surface area contributed by atoms with Crippen LogP contribution in [0.3, 0.4) is 0 Å². The Morgan fingerprint density at radius 3 is 0.771 bits per heavy atom. The van der Waals surface area contributed by atoms with Gasteiger partial charge in [0.2, 0.25) is 0 Å². The third-order valence-corrected chi connectivity index (χ3v) is 28.5. The molecule has 10 aromatic carbocycles. The molecule has 1 unspecified atom stereocenters. The molecule has 0 spiro atoms. The molecule has 5 aromatic heterocycles. The number of nitrogens with zero attached hydrogens (tertiary/aromatic N) is 6. The van der Waals surface area contributed by atoms with Crippen molar-refractivity contribution in [2.45, 2.75) is 199 Å². The number of furan rings is 5. The number of piperazine rings is 1. The van der Waals surface area contributed by atoms with E-state index in [0.29, 0.717) is 145 Å². The van der Waals surface area contributed by atoms with Crippen molar-refractivity contribution in [2.24, 2.45) is 5.92 Å². The van der Waals surface area contributed by atoms with Crippen molar-refractivity contribution in [3.05, 3.63) is 294 Å². The average Bonchev–Trinajstić information content (AvgIpc) is 1.64. The molecule has 5 saturated heterocycles. The van der Waals surface area contributed by atoms with Gasteiger partial charge in [-0.1, -0.05) is 93.3 Å². The highest BCUT2D eigenvalue weighted by Gasteiger charge is 2.33. The number of rotatable bonds is 20. The zero-order valence-electron chi connectivity index (χ0n) is 85.3. The van der Waals surface area contributed by atoms with Crippen LogP contribution in [0.1, 0.15) is 227 Å². The summed E-state index contributed by atoms with van der Waals surface area (Å²) < 4.78 is 29.5. The number of aromatic hydroxyl groups is 5. The number of phenolic OH excluding ortho intramolecular Hbond substituents is 5. The highest BCUT2D eigenvalue weighted by molar-refractivity contribution is 6.18. The fourth-order valence-corrected chi connectivity index (χ4v) is 20.7. The quantitative estimate of drug-likeness (QED) is 0.0339. The maximum Gasteiger partial charge on any atom is 0.259 e. The summed E-state index contributed by atoms with van der Waals surface area (Å²) in [7, 11) is 2.11. The largest absolute Gasteiger partial charge is 0.508 e. The Hall–Kier alpha value is -14.0. The van der Waals surface area contributed by atoms with Crippen molar-refractivity contribution >= 4 is 113 Å². The van der Waals surface area contributed by atoms with Crippen LogP contribution < -0.4 is 26.6 Å². The van der Waals surface area contributed by atoms with Gasteiger partial charge in [-0.15, -0.1) is 0 Å². The fourth-order valence-electron chi connectivity index (χ4n) is 20.7. The lowest BCUT2D eigenvalue weighted by Gasteiger charge is -2.33. The Morgan fingerprint density at radius 1 is 0.278 bits per heavy atom. The molecule has 5 fully saturated rings. The third-order valence-electron chi connectivity index (χ3n) is 28.5.